The SMILES string of the molecule is CCc1ccc(C(=O)Nc2cccc(N3CCCC3=O)c2)cc1S(=O)(=O)N1CCOCC1. The molecular weight excluding hydrogens is 430 g/mol. The van der Waals surface area contributed by atoms with Crippen LogP contribution in [0.15, 0.2) is 47.4 Å². The van der Waals surface area contributed by atoms with Gasteiger partial charge in [0.25, 0.3) is 5.91 Å². The number of sulfonamides is 1. The molecule has 2 saturated heterocycles. The van der Waals surface area contributed by atoms with Crippen molar-refractivity contribution in [1.82, 2.24) is 4.31 Å². The molecule has 2 aliphatic rings. The van der Waals surface area contributed by atoms with Crippen LogP contribution in [-0.4, -0.2) is 57.4 Å². The predicted octanol–water partition coefficient (Wildman–Crippen LogP) is 2.65. The molecule has 0 bridgehead atoms. The van der Waals surface area contributed by atoms with Gasteiger partial charge in [-0.1, -0.05) is 19.1 Å². The molecule has 2 amide bonds. The molecule has 2 aromatic carbocycles. The molecule has 2 heterocycles. The van der Waals surface area contributed by atoms with Gasteiger partial charge in [-0.3, -0.25) is 9.59 Å². The molecule has 0 aliphatic carbocycles. The summed E-state index contributed by atoms with van der Waals surface area (Å²) in [5.74, 6) is -0.336. The van der Waals surface area contributed by atoms with Crippen molar-refractivity contribution in [2.75, 3.05) is 43.1 Å². The Morgan fingerprint density at radius 2 is 1.88 bits per heavy atom. The third-order valence-corrected chi connectivity index (χ3v) is 7.77. The van der Waals surface area contributed by atoms with Crippen LogP contribution in [0.25, 0.3) is 0 Å². The van der Waals surface area contributed by atoms with Crippen molar-refractivity contribution in [3.63, 3.8) is 0 Å². The number of nitrogens with zero attached hydrogens (tertiary/aromatic N) is 2. The van der Waals surface area contributed by atoms with Crippen molar-refractivity contribution in [3.8, 4) is 0 Å². The summed E-state index contributed by atoms with van der Waals surface area (Å²) in [6, 6.07) is 11.9. The van der Waals surface area contributed by atoms with Gasteiger partial charge in [-0.05, 0) is 48.7 Å². The van der Waals surface area contributed by atoms with Gasteiger partial charge in [0.15, 0.2) is 0 Å². The topological polar surface area (TPSA) is 96.0 Å². The number of benzene rings is 2. The third-order valence-electron chi connectivity index (χ3n) is 5.79. The molecule has 170 valence electrons. The van der Waals surface area contributed by atoms with E-state index in [9.17, 15) is 18.0 Å². The highest BCUT2D eigenvalue weighted by Gasteiger charge is 2.29. The van der Waals surface area contributed by atoms with Gasteiger partial charge < -0.3 is 15.0 Å². The summed E-state index contributed by atoms with van der Waals surface area (Å²) in [5.41, 5.74) is 2.21. The summed E-state index contributed by atoms with van der Waals surface area (Å²) in [7, 11) is -3.73. The van der Waals surface area contributed by atoms with Gasteiger partial charge in [0, 0.05) is 43.0 Å². The van der Waals surface area contributed by atoms with Crippen LogP contribution >= 0.6 is 0 Å². The predicted molar refractivity (Wildman–Crippen MR) is 121 cm³/mol. The van der Waals surface area contributed by atoms with Crippen LogP contribution in [0.2, 0.25) is 0 Å². The number of morpholine rings is 1. The summed E-state index contributed by atoms with van der Waals surface area (Å²) in [4.78, 5) is 26.8. The Balaban J connectivity index is 1.58. The zero-order chi connectivity index (χ0) is 22.7. The molecule has 0 unspecified atom stereocenters. The van der Waals surface area contributed by atoms with Crippen LogP contribution in [0.4, 0.5) is 11.4 Å². The average molecular weight is 458 g/mol. The molecule has 0 aromatic heterocycles. The zero-order valence-corrected chi connectivity index (χ0v) is 18.9. The molecule has 32 heavy (non-hydrogen) atoms. The molecule has 1 N–H and O–H groups in total. The largest absolute Gasteiger partial charge is 0.379 e. The Morgan fingerprint density at radius 1 is 1.09 bits per heavy atom. The molecule has 0 saturated carbocycles. The van der Waals surface area contributed by atoms with Gasteiger partial charge in [0.05, 0.1) is 18.1 Å². The number of carbonyl (C=O) groups is 2. The lowest BCUT2D eigenvalue weighted by molar-refractivity contribution is -0.117. The van der Waals surface area contributed by atoms with Crippen LogP contribution in [0.1, 0.15) is 35.7 Å². The van der Waals surface area contributed by atoms with Gasteiger partial charge in [0.1, 0.15) is 0 Å². The molecule has 0 spiro atoms. The quantitative estimate of drug-likeness (QED) is 0.720. The molecule has 2 fully saturated rings. The highest BCUT2D eigenvalue weighted by atomic mass is 32.2. The number of nitrogens with one attached hydrogen (secondary N) is 1. The van der Waals surface area contributed by atoms with Crippen molar-refractivity contribution in [2.24, 2.45) is 0 Å². The monoisotopic (exact) mass is 457 g/mol. The van der Waals surface area contributed by atoms with Gasteiger partial charge in [-0.25, -0.2) is 8.42 Å². The first-order valence-corrected chi connectivity index (χ1v) is 12.3. The smallest absolute Gasteiger partial charge is 0.255 e. The van der Waals surface area contributed by atoms with E-state index in [0.717, 1.165) is 12.1 Å². The summed E-state index contributed by atoms with van der Waals surface area (Å²) < 4.78 is 33.1. The lowest BCUT2D eigenvalue weighted by Gasteiger charge is -2.27. The minimum absolute atomic E-state index is 0.0709. The first-order valence-electron chi connectivity index (χ1n) is 10.8. The second-order valence-corrected chi connectivity index (χ2v) is 9.75. The molecule has 0 radical (unpaired) electrons. The maximum absolute atomic E-state index is 13.2. The van der Waals surface area contributed by atoms with Crippen LogP contribution in [-0.2, 0) is 26.0 Å². The van der Waals surface area contributed by atoms with Crippen molar-refractivity contribution >= 4 is 33.2 Å². The summed E-state index contributed by atoms with van der Waals surface area (Å²) in [6.07, 6.45) is 1.88. The number of hydrogen-bond donors (Lipinski definition) is 1. The van der Waals surface area contributed by atoms with Crippen LogP contribution < -0.4 is 10.2 Å². The normalized spacial score (nSPS) is 17.5. The fraction of sp³-hybridized carbons (Fsp3) is 0.391. The van der Waals surface area contributed by atoms with E-state index in [0.29, 0.717) is 56.9 Å². The fourth-order valence-corrected chi connectivity index (χ4v) is 5.76. The lowest BCUT2D eigenvalue weighted by atomic mass is 10.1. The highest BCUT2D eigenvalue weighted by molar-refractivity contribution is 7.89. The Kier molecular flexibility index (Phi) is 6.59. The zero-order valence-electron chi connectivity index (χ0n) is 18.0. The molecule has 2 aromatic rings. The Bertz CT molecular complexity index is 1130. The van der Waals surface area contributed by atoms with E-state index in [-0.39, 0.29) is 16.4 Å². The van der Waals surface area contributed by atoms with Gasteiger partial charge >= 0.3 is 0 Å². The van der Waals surface area contributed by atoms with Crippen molar-refractivity contribution in [1.29, 1.82) is 0 Å². The van der Waals surface area contributed by atoms with Gasteiger partial charge in [-0.15, -0.1) is 0 Å². The molecular formula is C23H27N3O5S. The molecule has 8 nitrogen and oxygen atoms in total. The number of rotatable bonds is 6. The van der Waals surface area contributed by atoms with Crippen LogP contribution in [0.3, 0.4) is 0 Å². The second kappa shape index (κ2) is 9.40. The Morgan fingerprint density at radius 3 is 2.56 bits per heavy atom. The average Bonchev–Trinajstić information content (AvgIpc) is 3.25. The fourth-order valence-electron chi connectivity index (χ4n) is 4.03. The van der Waals surface area contributed by atoms with E-state index < -0.39 is 15.9 Å². The number of aryl methyl sites for hydroxylation is 1. The van der Waals surface area contributed by atoms with Crippen molar-refractivity contribution in [3.05, 3.63) is 53.6 Å². The van der Waals surface area contributed by atoms with Gasteiger partial charge in [0.2, 0.25) is 15.9 Å². The Hall–Kier alpha value is -2.75. The van der Waals surface area contributed by atoms with Crippen LogP contribution in [0, 0.1) is 0 Å². The lowest BCUT2D eigenvalue weighted by Crippen LogP contribution is -2.41. The molecule has 4 rings (SSSR count). The van der Waals surface area contributed by atoms with E-state index >= 15 is 0 Å². The molecule has 2 aliphatic heterocycles. The van der Waals surface area contributed by atoms with Crippen molar-refractivity contribution in [2.45, 2.75) is 31.1 Å². The minimum atomic E-state index is -3.73. The number of amides is 2. The van der Waals surface area contributed by atoms with Crippen LogP contribution in [0.5, 0.6) is 0 Å². The van der Waals surface area contributed by atoms with E-state index in [1.807, 2.05) is 13.0 Å². The van der Waals surface area contributed by atoms with E-state index in [1.165, 1.54) is 10.4 Å². The summed E-state index contributed by atoms with van der Waals surface area (Å²) in [5, 5.41) is 2.83. The number of ether oxygens (including phenoxy) is 1. The standard InChI is InChI=1S/C23H27N3O5S/c1-2-17-8-9-18(15-21(17)32(29,30)25-11-13-31-14-12-25)23(28)24-19-5-3-6-20(16-19)26-10-4-7-22(26)27/h3,5-6,8-9,15-16H,2,4,7,10-14H2,1H3,(H,24,28). The second-order valence-electron chi connectivity index (χ2n) is 7.85. The van der Waals surface area contributed by atoms with E-state index in [1.54, 1.807) is 35.2 Å². The van der Waals surface area contributed by atoms with E-state index in [2.05, 4.69) is 5.32 Å². The maximum Gasteiger partial charge on any atom is 0.255 e. The highest BCUT2D eigenvalue weighted by Crippen LogP contribution is 2.26. The molecule has 0 atom stereocenters. The first-order chi connectivity index (χ1) is 15.4. The minimum Gasteiger partial charge on any atom is -0.379 e. The summed E-state index contributed by atoms with van der Waals surface area (Å²) >= 11 is 0. The number of carbonyl (C=O) groups excluding carboxylic acids is 2. The maximum atomic E-state index is 13.2. The number of anilines is 2. The number of hydrogen-bond acceptors (Lipinski definition) is 5. The van der Waals surface area contributed by atoms with Gasteiger partial charge in [-0.2, -0.15) is 4.31 Å². The Labute approximate surface area is 188 Å². The van der Waals surface area contributed by atoms with Crippen molar-refractivity contribution < 1.29 is 22.7 Å². The first kappa shape index (κ1) is 22.4. The summed E-state index contributed by atoms with van der Waals surface area (Å²) in [6.45, 7) is 3.86. The van der Waals surface area contributed by atoms with E-state index in [4.69, 9.17) is 4.74 Å². The molecule has 9 heteroatoms. The third kappa shape index (κ3) is 4.55.